The van der Waals surface area contributed by atoms with E-state index in [1.54, 1.807) is 32.9 Å². The van der Waals surface area contributed by atoms with E-state index in [0.717, 1.165) is 25.7 Å². The van der Waals surface area contributed by atoms with Gasteiger partial charge in [-0.25, -0.2) is 9.18 Å². The number of carbonyl (C=O) groups is 3. The van der Waals surface area contributed by atoms with E-state index in [9.17, 15) is 18.8 Å². The molecule has 0 radical (unpaired) electrons. The van der Waals surface area contributed by atoms with E-state index in [2.05, 4.69) is 10.6 Å². The summed E-state index contributed by atoms with van der Waals surface area (Å²) in [6.45, 7) is 5.45. The largest absolute Gasteiger partial charge is 0.483 e. The Bertz CT molecular complexity index is 772. The minimum atomic E-state index is -0.712. The average molecular weight is 451 g/mol. The van der Waals surface area contributed by atoms with Crippen LogP contribution in [0.4, 0.5) is 9.18 Å². The molecule has 2 amide bonds. The van der Waals surface area contributed by atoms with Crippen molar-refractivity contribution in [2.24, 2.45) is 5.92 Å². The zero-order valence-corrected chi connectivity index (χ0v) is 19.2. The molecule has 1 aromatic rings. The molecule has 1 aromatic carbocycles. The number of ketones is 1. The van der Waals surface area contributed by atoms with Crippen LogP contribution < -0.4 is 15.4 Å². The first-order valence-corrected chi connectivity index (χ1v) is 11.3. The van der Waals surface area contributed by atoms with Gasteiger partial charge in [0.15, 0.2) is 17.3 Å². The Balaban J connectivity index is 1.84. The van der Waals surface area contributed by atoms with Gasteiger partial charge in [-0.05, 0) is 65.0 Å². The molecule has 1 fully saturated rings. The minimum Gasteiger partial charge on any atom is -0.483 e. The maximum atomic E-state index is 13.8. The first-order valence-electron chi connectivity index (χ1n) is 11.3. The molecule has 1 saturated carbocycles. The van der Waals surface area contributed by atoms with Gasteiger partial charge in [-0.2, -0.15) is 0 Å². The summed E-state index contributed by atoms with van der Waals surface area (Å²) in [6, 6.07) is 5.17. The molecule has 0 aromatic heterocycles. The van der Waals surface area contributed by atoms with E-state index in [1.807, 2.05) is 0 Å². The summed E-state index contributed by atoms with van der Waals surface area (Å²) in [6.07, 6.45) is 4.85. The van der Waals surface area contributed by atoms with Crippen molar-refractivity contribution in [1.29, 1.82) is 0 Å². The fourth-order valence-corrected chi connectivity index (χ4v) is 3.58. The molecule has 32 heavy (non-hydrogen) atoms. The lowest BCUT2D eigenvalue weighted by Gasteiger charge is -2.21. The third-order valence-corrected chi connectivity index (χ3v) is 5.23. The summed E-state index contributed by atoms with van der Waals surface area (Å²) < 4.78 is 24.3. The SMILES string of the molecule is CC(C)(C)OC(=O)NCCCCC(NC(=O)C1CCCC1)C(=O)COc1ccccc1F. The highest BCUT2D eigenvalue weighted by molar-refractivity contribution is 5.90. The second kappa shape index (κ2) is 12.4. The smallest absolute Gasteiger partial charge is 0.407 e. The van der Waals surface area contributed by atoms with Crippen LogP contribution in [0.5, 0.6) is 5.75 Å². The monoisotopic (exact) mass is 450 g/mol. The standard InChI is InChI=1S/C24H35FN2O5/c1-24(2,3)32-23(30)26-15-9-8-13-19(27-22(29)17-10-4-5-11-17)20(28)16-31-21-14-7-6-12-18(21)25/h6-7,12,14,17,19H,4-5,8-11,13,15-16H2,1-3H3,(H,26,30)(H,27,29). The van der Waals surface area contributed by atoms with E-state index in [0.29, 0.717) is 25.8 Å². The number of alkyl carbamates (subject to hydrolysis) is 1. The number of hydrogen-bond acceptors (Lipinski definition) is 5. The number of nitrogens with one attached hydrogen (secondary N) is 2. The van der Waals surface area contributed by atoms with Crippen LogP contribution in [0.25, 0.3) is 0 Å². The lowest BCUT2D eigenvalue weighted by molar-refractivity contribution is -0.131. The van der Waals surface area contributed by atoms with Crippen molar-refractivity contribution >= 4 is 17.8 Å². The molecule has 1 unspecified atom stereocenters. The number of ether oxygens (including phenoxy) is 2. The third kappa shape index (κ3) is 9.24. The normalized spacial score (nSPS) is 15.1. The van der Waals surface area contributed by atoms with Crippen molar-refractivity contribution < 1.29 is 28.2 Å². The van der Waals surface area contributed by atoms with Crippen molar-refractivity contribution in [1.82, 2.24) is 10.6 Å². The van der Waals surface area contributed by atoms with E-state index >= 15 is 0 Å². The van der Waals surface area contributed by atoms with Crippen LogP contribution in [0.2, 0.25) is 0 Å². The van der Waals surface area contributed by atoms with Gasteiger partial charge in [0.25, 0.3) is 0 Å². The second-order valence-corrected chi connectivity index (χ2v) is 9.15. The molecule has 2 N–H and O–H groups in total. The second-order valence-electron chi connectivity index (χ2n) is 9.15. The Kier molecular flexibility index (Phi) is 9.94. The van der Waals surface area contributed by atoms with Gasteiger partial charge in [0, 0.05) is 12.5 Å². The number of halogens is 1. The Hall–Kier alpha value is -2.64. The van der Waals surface area contributed by atoms with Gasteiger partial charge in [-0.1, -0.05) is 25.0 Å². The first-order chi connectivity index (χ1) is 15.2. The molecule has 8 heteroatoms. The van der Waals surface area contributed by atoms with Crippen LogP contribution in [0.1, 0.15) is 65.7 Å². The molecule has 2 rings (SSSR count). The number of benzene rings is 1. The number of rotatable bonds is 11. The highest BCUT2D eigenvalue weighted by Crippen LogP contribution is 2.25. The molecule has 7 nitrogen and oxygen atoms in total. The van der Waals surface area contributed by atoms with Crippen molar-refractivity contribution in [3.05, 3.63) is 30.1 Å². The van der Waals surface area contributed by atoms with Crippen LogP contribution in [-0.4, -0.2) is 42.6 Å². The van der Waals surface area contributed by atoms with Crippen LogP contribution in [0.3, 0.4) is 0 Å². The van der Waals surface area contributed by atoms with Gasteiger partial charge < -0.3 is 20.1 Å². The molecule has 0 aliphatic heterocycles. The van der Waals surface area contributed by atoms with Crippen LogP contribution in [0.15, 0.2) is 24.3 Å². The lowest BCUT2D eigenvalue weighted by atomic mass is 10.0. The van der Waals surface area contributed by atoms with Crippen LogP contribution in [-0.2, 0) is 14.3 Å². The zero-order chi connectivity index (χ0) is 23.6. The zero-order valence-electron chi connectivity index (χ0n) is 19.2. The highest BCUT2D eigenvalue weighted by atomic mass is 19.1. The van der Waals surface area contributed by atoms with Crippen LogP contribution >= 0.6 is 0 Å². The summed E-state index contributed by atoms with van der Waals surface area (Å²) in [5.41, 5.74) is -0.565. The molecule has 1 aliphatic carbocycles. The molecule has 0 heterocycles. The third-order valence-electron chi connectivity index (χ3n) is 5.23. The van der Waals surface area contributed by atoms with Gasteiger partial charge in [0.2, 0.25) is 5.91 Å². The Morgan fingerprint density at radius 1 is 1.12 bits per heavy atom. The molecular formula is C24H35FN2O5. The predicted octanol–water partition coefficient (Wildman–Crippen LogP) is 4.14. The molecule has 1 atom stereocenters. The van der Waals surface area contributed by atoms with Crippen molar-refractivity contribution in [2.75, 3.05) is 13.2 Å². The van der Waals surface area contributed by atoms with E-state index < -0.39 is 23.6 Å². The molecule has 1 aliphatic rings. The number of unbranched alkanes of at least 4 members (excludes halogenated alkanes) is 1. The number of Topliss-reactive ketones (excluding diaryl/α,β-unsaturated/α-hetero) is 1. The predicted molar refractivity (Wildman–Crippen MR) is 119 cm³/mol. The molecule has 0 saturated heterocycles. The van der Waals surface area contributed by atoms with Crippen LogP contribution in [0, 0.1) is 11.7 Å². The van der Waals surface area contributed by atoms with E-state index in [-0.39, 0.29) is 30.0 Å². The molecule has 0 bridgehead atoms. The van der Waals surface area contributed by atoms with Gasteiger partial charge in [0.1, 0.15) is 12.2 Å². The summed E-state index contributed by atoms with van der Waals surface area (Å²) in [7, 11) is 0. The topological polar surface area (TPSA) is 93.7 Å². The fourth-order valence-electron chi connectivity index (χ4n) is 3.58. The van der Waals surface area contributed by atoms with Gasteiger partial charge in [-0.15, -0.1) is 0 Å². The summed E-state index contributed by atoms with van der Waals surface area (Å²) >= 11 is 0. The van der Waals surface area contributed by atoms with Crippen molar-refractivity contribution in [3.63, 3.8) is 0 Å². The van der Waals surface area contributed by atoms with E-state index in [1.165, 1.54) is 12.1 Å². The Morgan fingerprint density at radius 3 is 2.47 bits per heavy atom. The fraction of sp³-hybridized carbons (Fsp3) is 0.625. The van der Waals surface area contributed by atoms with Crippen molar-refractivity contribution in [3.8, 4) is 5.75 Å². The van der Waals surface area contributed by atoms with Crippen molar-refractivity contribution in [2.45, 2.75) is 77.4 Å². The quantitative estimate of drug-likeness (QED) is 0.494. The maximum absolute atomic E-state index is 13.8. The minimum absolute atomic E-state index is 0.00304. The summed E-state index contributed by atoms with van der Waals surface area (Å²) in [5.74, 6) is -1.02. The summed E-state index contributed by atoms with van der Waals surface area (Å²) in [5, 5.41) is 5.55. The average Bonchev–Trinajstić information content (AvgIpc) is 3.25. The maximum Gasteiger partial charge on any atom is 0.407 e. The van der Waals surface area contributed by atoms with Gasteiger partial charge in [0.05, 0.1) is 6.04 Å². The van der Waals surface area contributed by atoms with Gasteiger partial charge >= 0.3 is 6.09 Å². The van der Waals surface area contributed by atoms with Gasteiger partial charge in [-0.3, -0.25) is 9.59 Å². The number of hydrogen-bond donors (Lipinski definition) is 2. The molecule has 178 valence electrons. The number of amides is 2. The lowest BCUT2D eigenvalue weighted by Crippen LogP contribution is -2.45. The van der Waals surface area contributed by atoms with E-state index in [4.69, 9.17) is 9.47 Å². The molecule has 0 spiro atoms. The number of carbonyl (C=O) groups excluding carboxylic acids is 3. The summed E-state index contributed by atoms with van der Waals surface area (Å²) in [4.78, 5) is 37.0. The molecular weight excluding hydrogens is 415 g/mol. The Labute approximate surface area is 189 Å². The first kappa shape index (κ1) is 25.6. The Morgan fingerprint density at radius 2 is 1.81 bits per heavy atom. The highest BCUT2D eigenvalue weighted by Gasteiger charge is 2.27. The number of para-hydroxylation sites is 1.